The van der Waals surface area contributed by atoms with Crippen molar-refractivity contribution in [3.8, 4) is 0 Å². The molecule has 0 saturated heterocycles. The summed E-state index contributed by atoms with van der Waals surface area (Å²) in [7, 11) is -4.02. The number of esters is 1. The van der Waals surface area contributed by atoms with E-state index in [1.54, 1.807) is 26.8 Å². The highest BCUT2D eigenvalue weighted by Gasteiger charge is 2.26. The highest BCUT2D eigenvalue weighted by Crippen LogP contribution is 2.28. The Morgan fingerprint density at radius 3 is 2.43 bits per heavy atom. The van der Waals surface area contributed by atoms with Crippen molar-refractivity contribution < 1.29 is 27.1 Å². The lowest BCUT2D eigenvalue weighted by Crippen LogP contribution is -2.43. The number of hydrogen-bond donors (Lipinski definition) is 2. The van der Waals surface area contributed by atoms with Gasteiger partial charge >= 0.3 is 5.97 Å². The third-order valence-corrected chi connectivity index (χ3v) is 6.19. The van der Waals surface area contributed by atoms with Gasteiger partial charge in [0.15, 0.2) is 0 Å². The Balaban J connectivity index is 2.18. The Morgan fingerprint density at radius 1 is 1.21 bits per heavy atom. The standard InChI is InChI=1S/C18H21FN2O5S2/c1-4-15(21-28(24,25)13-8-6-12(19)7-9-13)16(22)20-17-14(10-11(3)27-17)18(23)26-5-2/h6-10,15,21H,4-5H2,1-3H3,(H,20,22). The number of carbonyl (C=O) groups excluding carboxylic acids is 2. The number of halogens is 1. The topological polar surface area (TPSA) is 102 Å². The average Bonchev–Trinajstić information content (AvgIpc) is 3.00. The number of nitrogens with one attached hydrogen (secondary N) is 2. The summed E-state index contributed by atoms with van der Waals surface area (Å²) < 4.78 is 45.2. The van der Waals surface area contributed by atoms with Crippen LogP contribution in [0.4, 0.5) is 9.39 Å². The maximum absolute atomic E-state index is 13.0. The molecule has 0 aliphatic carbocycles. The summed E-state index contributed by atoms with van der Waals surface area (Å²) in [5.41, 5.74) is 0.217. The van der Waals surface area contributed by atoms with Crippen LogP contribution in [0, 0.1) is 12.7 Å². The zero-order valence-electron chi connectivity index (χ0n) is 15.6. The largest absolute Gasteiger partial charge is 0.462 e. The zero-order valence-corrected chi connectivity index (χ0v) is 17.2. The molecular weight excluding hydrogens is 407 g/mol. The van der Waals surface area contributed by atoms with Crippen LogP contribution in [-0.2, 0) is 19.6 Å². The number of sulfonamides is 1. The van der Waals surface area contributed by atoms with E-state index in [0.717, 1.165) is 29.1 Å². The van der Waals surface area contributed by atoms with E-state index in [0.29, 0.717) is 5.00 Å². The normalized spacial score (nSPS) is 12.4. The number of aryl methyl sites for hydroxylation is 1. The summed E-state index contributed by atoms with van der Waals surface area (Å²) in [4.78, 5) is 25.3. The van der Waals surface area contributed by atoms with Crippen LogP contribution < -0.4 is 10.0 Å². The van der Waals surface area contributed by atoms with Gasteiger partial charge in [0.05, 0.1) is 17.1 Å². The monoisotopic (exact) mass is 428 g/mol. The van der Waals surface area contributed by atoms with Crippen LogP contribution in [0.2, 0.25) is 0 Å². The van der Waals surface area contributed by atoms with Crippen molar-refractivity contribution in [2.45, 2.75) is 38.1 Å². The van der Waals surface area contributed by atoms with Gasteiger partial charge in [0, 0.05) is 4.88 Å². The minimum absolute atomic E-state index is 0.153. The van der Waals surface area contributed by atoms with E-state index < -0.39 is 33.8 Å². The van der Waals surface area contributed by atoms with Gasteiger partial charge in [-0.3, -0.25) is 4.79 Å². The molecule has 0 spiro atoms. The summed E-state index contributed by atoms with van der Waals surface area (Å²) in [6, 6.07) is 4.80. The molecule has 1 aromatic heterocycles. The second kappa shape index (κ2) is 9.26. The molecule has 0 radical (unpaired) electrons. The van der Waals surface area contributed by atoms with E-state index in [2.05, 4.69) is 10.0 Å². The lowest BCUT2D eigenvalue weighted by molar-refractivity contribution is -0.117. The smallest absolute Gasteiger partial charge is 0.341 e. The first-order chi connectivity index (χ1) is 13.2. The van der Waals surface area contributed by atoms with Gasteiger partial charge in [0.2, 0.25) is 15.9 Å². The second-order valence-electron chi connectivity index (χ2n) is 5.85. The zero-order chi connectivity index (χ0) is 20.9. The molecule has 1 amide bonds. The SMILES string of the molecule is CCOC(=O)c1cc(C)sc1NC(=O)C(CC)NS(=O)(=O)c1ccc(F)cc1. The number of anilines is 1. The minimum atomic E-state index is -4.02. The van der Waals surface area contributed by atoms with Crippen molar-refractivity contribution in [1.82, 2.24) is 4.72 Å². The molecule has 2 N–H and O–H groups in total. The van der Waals surface area contributed by atoms with Gasteiger partial charge in [-0.1, -0.05) is 6.92 Å². The van der Waals surface area contributed by atoms with E-state index in [-0.39, 0.29) is 23.5 Å². The van der Waals surface area contributed by atoms with Crippen molar-refractivity contribution >= 4 is 38.2 Å². The average molecular weight is 429 g/mol. The molecule has 2 rings (SSSR count). The second-order valence-corrected chi connectivity index (χ2v) is 8.82. The maximum atomic E-state index is 13.0. The molecule has 1 unspecified atom stereocenters. The maximum Gasteiger partial charge on any atom is 0.341 e. The Bertz CT molecular complexity index is 955. The van der Waals surface area contributed by atoms with Gasteiger partial charge in [-0.25, -0.2) is 17.6 Å². The fraction of sp³-hybridized carbons (Fsp3) is 0.333. The van der Waals surface area contributed by atoms with Crippen LogP contribution in [0.1, 0.15) is 35.5 Å². The summed E-state index contributed by atoms with van der Waals surface area (Å²) in [6.45, 7) is 5.28. The third kappa shape index (κ3) is 5.37. The van der Waals surface area contributed by atoms with E-state index in [1.165, 1.54) is 11.3 Å². The molecule has 1 aromatic carbocycles. The lowest BCUT2D eigenvalue weighted by atomic mass is 10.2. The van der Waals surface area contributed by atoms with Crippen molar-refractivity contribution in [2.24, 2.45) is 0 Å². The van der Waals surface area contributed by atoms with Crippen LogP contribution in [0.25, 0.3) is 0 Å². The number of rotatable bonds is 8. The van der Waals surface area contributed by atoms with E-state index in [9.17, 15) is 22.4 Å². The van der Waals surface area contributed by atoms with Crippen molar-refractivity contribution in [2.75, 3.05) is 11.9 Å². The van der Waals surface area contributed by atoms with E-state index in [1.807, 2.05) is 0 Å². The number of ether oxygens (including phenoxy) is 1. The summed E-state index contributed by atoms with van der Waals surface area (Å²) in [5.74, 6) is -1.74. The Kier molecular flexibility index (Phi) is 7.28. The van der Waals surface area contributed by atoms with Gasteiger partial charge in [-0.05, 0) is 50.6 Å². The van der Waals surface area contributed by atoms with E-state index >= 15 is 0 Å². The highest BCUT2D eigenvalue weighted by atomic mass is 32.2. The van der Waals surface area contributed by atoms with Gasteiger partial charge in [0.25, 0.3) is 0 Å². The Hall–Kier alpha value is -2.30. The minimum Gasteiger partial charge on any atom is -0.462 e. The fourth-order valence-electron chi connectivity index (χ4n) is 2.36. The molecule has 1 heterocycles. The molecular formula is C18H21FN2O5S2. The predicted octanol–water partition coefficient (Wildman–Crippen LogP) is 3.07. The van der Waals surface area contributed by atoms with Crippen molar-refractivity contribution in [3.05, 3.63) is 46.6 Å². The van der Waals surface area contributed by atoms with Gasteiger partial charge in [0.1, 0.15) is 16.9 Å². The predicted molar refractivity (Wildman–Crippen MR) is 104 cm³/mol. The summed E-state index contributed by atoms with van der Waals surface area (Å²) in [5, 5.41) is 2.89. The third-order valence-electron chi connectivity index (χ3n) is 3.73. The molecule has 0 saturated carbocycles. The first-order valence-electron chi connectivity index (χ1n) is 8.54. The van der Waals surface area contributed by atoms with Crippen LogP contribution >= 0.6 is 11.3 Å². The molecule has 2 aromatic rings. The molecule has 152 valence electrons. The molecule has 7 nitrogen and oxygen atoms in total. The number of hydrogen-bond acceptors (Lipinski definition) is 6. The van der Waals surface area contributed by atoms with Crippen LogP contribution in [0.3, 0.4) is 0 Å². The molecule has 0 bridgehead atoms. The molecule has 10 heteroatoms. The van der Waals surface area contributed by atoms with Gasteiger partial charge < -0.3 is 10.1 Å². The van der Waals surface area contributed by atoms with Crippen LogP contribution in [0.5, 0.6) is 0 Å². The summed E-state index contributed by atoms with van der Waals surface area (Å²) in [6.07, 6.45) is 0.172. The highest BCUT2D eigenvalue weighted by molar-refractivity contribution is 7.89. The first-order valence-corrected chi connectivity index (χ1v) is 10.8. The number of amides is 1. The molecule has 0 aliphatic rings. The molecule has 0 fully saturated rings. The van der Waals surface area contributed by atoms with Gasteiger partial charge in [-0.15, -0.1) is 11.3 Å². The van der Waals surface area contributed by atoms with Gasteiger partial charge in [-0.2, -0.15) is 4.72 Å². The lowest BCUT2D eigenvalue weighted by Gasteiger charge is -2.17. The summed E-state index contributed by atoms with van der Waals surface area (Å²) >= 11 is 1.19. The molecule has 1 atom stereocenters. The Morgan fingerprint density at radius 2 is 1.86 bits per heavy atom. The number of carbonyl (C=O) groups is 2. The molecule has 0 aliphatic heterocycles. The quantitative estimate of drug-likeness (QED) is 0.629. The van der Waals surface area contributed by atoms with Crippen LogP contribution in [0.15, 0.2) is 35.2 Å². The fourth-order valence-corrected chi connectivity index (χ4v) is 4.54. The molecule has 28 heavy (non-hydrogen) atoms. The number of thiophene rings is 1. The first kappa shape index (κ1) is 22.0. The van der Waals surface area contributed by atoms with Crippen molar-refractivity contribution in [3.63, 3.8) is 0 Å². The van der Waals surface area contributed by atoms with Crippen molar-refractivity contribution in [1.29, 1.82) is 0 Å². The van der Waals surface area contributed by atoms with Crippen LogP contribution in [-0.4, -0.2) is 32.9 Å². The number of benzene rings is 1. The van der Waals surface area contributed by atoms with E-state index in [4.69, 9.17) is 4.74 Å². The Labute approximate surface area is 167 Å².